The van der Waals surface area contributed by atoms with Gasteiger partial charge in [-0.3, -0.25) is 9.59 Å². The number of anilines is 1. The van der Waals surface area contributed by atoms with Gasteiger partial charge in [0.2, 0.25) is 0 Å². The maximum Gasteiger partial charge on any atom is 0.307 e. The third kappa shape index (κ3) is 5.45. The van der Waals surface area contributed by atoms with E-state index in [0.29, 0.717) is 18.0 Å². The van der Waals surface area contributed by atoms with E-state index in [4.69, 9.17) is 0 Å². The number of rotatable bonds is 6. The Morgan fingerprint density at radius 3 is 2.37 bits per heavy atom. The van der Waals surface area contributed by atoms with Crippen LogP contribution in [-0.2, 0) is 17.8 Å². The van der Waals surface area contributed by atoms with Crippen LogP contribution in [0.25, 0.3) is 22.3 Å². The number of likely N-dealkylation sites (tertiary alicyclic amines) is 1. The molecule has 0 spiro atoms. The fourth-order valence-corrected chi connectivity index (χ4v) is 7.66. The van der Waals surface area contributed by atoms with Crippen LogP contribution in [0.3, 0.4) is 0 Å². The van der Waals surface area contributed by atoms with Gasteiger partial charge in [-0.25, -0.2) is 0 Å². The summed E-state index contributed by atoms with van der Waals surface area (Å²) in [5, 5.41) is 9.93. The molecule has 1 N–H and O–H groups in total. The molecule has 1 saturated heterocycles. The van der Waals surface area contributed by atoms with Crippen molar-refractivity contribution in [3.8, 4) is 22.3 Å². The van der Waals surface area contributed by atoms with Gasteiger partial charge >= 0.3 is 5.97 Å². The van der Waals surface area contributed by atoms with Crippen LogP contribution in [0.5, 0.6) is 0 Å². The summed E-state index contributed by atoms with van der Waals surface area (Å²) in [6.07, 6.45) is 4.10. The minimum Gasteiger partial charge on any atom is -0.481 e. The lowest BCUT2D eigenvalue weighted by atomic mass is 9.80. The van der Waals surface area contributed by atoms with Crippen molar-refractivity contribution < 1.29 is 14.7 Å². The third-order valence-electron chi connectivity index (χ3n) is 9.15. The van der Waals surface area contributed by atoms with Gasteiger partial charge in [0.1, 0.15) is 0 Å². The van der Waals surface area contributed by atoms with Crippen molar-refractivity contribution in [2.75, 3.05) is 23.7 Å². The number of hydrogen-bond donors (Lipinski definition) is 1. The lowest BCUT2D eigenvalue weighted by molar-refractivity contribution is -0.136. The van der Waals surface area contributed by atoms with Gasteiger partial charge in [-0.05, 0) is 90.3 Å². The molecule has 1 fully saturated rings. The molecule has 0 aromatic heterocycles. The van der Waals surface area contributed by atoms with E-state index in [2.05, 4.69) is 92.0 Å². The van der Waals surface area contributed by atoms with Crippen LogP contribution in [0.4, 0.5) is 5.69 Å². The Kier molecular flexibility index (Phi) is 8.06. The summed E-state index contributed by atoms with van der Waals surface area (Å²) >= 11 is 1.65. The zero-order chi connectivity index (χ0) is 30.2. The third-order valence-corrected chi connectivity index (χ3v) is 9.91. The molecule has 220 valence electrons. The molecule has 2 aliphatic heterocycles. The fourth-order valence-electron chi connectivity index (χ4n) is 6.98. The predicted octanol–water partition coefficient (Wildman–Crippen LogP) is 8.19. The summed E-state index contributed by atoms with van der Waals surface area (Å²) in [4.78, 5) is 28.1. The lowest BCUT2D eigenvalue weighted by Crippen LogP contribution is -2.39. The summed E-state index contributed by atoms with van der Waals surface area (Å²) < 4.78 is 2.26. The van der Waals surface area contributed by atoms with E-state index in [1.165, 1.54) is 11.1 Å². The molecular weight excluding hydrogens is 552 g/mol. The molecule has 2 aliphatic rings. The van der Waals surface area contributed by atoms with Crippen molar-refractivity contribution in [3.05, 3.63) is 112 Å². The van der Waals surface area contributed by atoms with E-state index in [9.17, 15) is 14.7 Å². The summed E-state index contributed by atoms with van der Waals surface area (Å²) in [6, 6.07) is 25.0. The molecule has 0 aliphatic carbocycles. The Labute approximate surface area is 258 Å². The minimum atomic E-state index is -0.842. The van der Waals surface area contributed by atoms with Crippen molar-refractivity contribution in [2.24, 2.45) is 0 Å². The number of benzene rings is 4. The van der Waals surface area contributed by atoms with Crippen molar-refractivity contribution in [2.45, 2.75) is 52.5 Å². The number of carboxylic acids is 1. The second kappa shape index (κ2) is 11.9. The molecule has 43 heavy (non-hydrogen) atoms. The van der Waals surface area contributed by atoms with Gasteiger partial charge < -0.3 is 14.3 Å². The van der Waals surface area contributed by atoms with Crippen LogP contribution in [0.2, 0.25) is 0 Å². The van der Waals surface area contributed by atoms with E-state index in [-0.39, 0.29) is 12.3 Å². The molecule has 1 atom stereocenters. The van der Waals surface area contributed by atoms with Gasteiger partial charge in [0.05, 0.1) is 18.7 Å². The van der Waals surface area contributed by atoms with E-state index < -0.39 is 5.97 Å². The number of nitrogens with zero attached hydrogens (tertiary/aromatic N) is 2. The average Bonchev–Trinajstić information content (AvgIpc) is 3.03. The first-order chi connectivity index (χ1) is 20.8. The number of carbonyl (C=O) groups excluding carboxylic acids is 1. The highest BCUT2D eigenvalue weighted by atomic mass is 32.2. The molecule has 2 heterocycles. The van der Waals surface area contributed by atoms with Crippen LogP contribution >= 0.6 is 11.9 Å². The van der Waals surface area contributed by atoms with Gasteiger partial charge in [-0.15, -0.1) is 0 Å². The highest BCUT2D eigenvalue weighted by molar-refractivity contribution is 7.99. The van der Waals surface area contributed by atoms with Gasteiger partial charge in [-0.2, -0.15) is 0 Å². The quantitative estimate of drug-likeness (QED) is 0.230. The van der Waals surface area contributed by atoms with Crippen molar-refractivity contribution in [1.29, 1.82) is 0 Å². The van der Waals surface area contributed by atoms with Crippen LogP contribution in [0.1, 0.15) is 62.5 Å². The molecule has 0 unspecified atom stereocenters. The first-order valence-corrected chi connectivity index (χ1v) is 16.2. The lowest BCUT2D eigenvalue weighted by Gasteiger charge is -2.36. The van der Waals surface area contributed by atoms with Gasteiger partial charge in [0, 0.05) is 36.4 Å². The predicted molar refractivity (Wildman–Crippen MR) is 177 cm³/mol. The van der Waals surface area contributed by atoms with Gasteiger partial charge in [-0.1, -0.05) is 78.2 Å². The molecule has 4 aromatic rings. The van der Waals surface area contributed by atoms with E-state index >= 15 is 0 Å². The number of aryl methyl sites for hydroxylation is 1. The second-order valence-electron chi connectivity index (χ2n) is 11.9. The topological polar surface area (TPSA) is 60.9 Å². The molecule has 0 bridgehead atoms. The number of carbonyl (C=O) groups is 2. The molecule has 0 radical (unpaired) electrons. The standard InChI is InChI=1S/C37H38N2O3S/c1-23-12-14-27(15-13-23)34-25(3)35-32-19-28(37(42)38-18-8-11-29(21-38)26-9-6-5-7-10-26)16-17-30(32)22-39(43-4)36(35)24(2)31(34)20-33(40)41/h5-7,9-10,12-17,19,29H,8,11,18,20-22H2,1-4H3,(H,40,41)/t29-/m1/s1. The Bertz CT molecular complexity index is 1700. The molecule has 6 rings (SSSR count). The van der Waals surface area contributed by atoms with Crippen LogP contribution < -0.4 is 4.31 Å². The Morgan fingerprint density at radius 1 is 0.930 bits per heavy atom. The van der Waals surface area contributed by atoms with Crippen LogP contribution in [-0.4, -0.2) is 41.2 Å². The fraction of sp³-hybridized carbons (Fsp3) is 0.297. The second-order valence-corrected chi connectivity index (χ2v) is 12.7. The van der Waals surface area contributed by atoms with Crippen molar-refractivity contribution in [1.82, 2.24) is 4.90 Å². The molecule has 4 aromatic carbocycles. The Balaban J connectivity index is 1.47. The first kappa shape index (κ1) is 29.1. The highest BCUT2D eigenvalue weighted by Crippen LogP contribution is 2.50. The van der Waals surface area contributed by atoms with Gasteiger partial charge in [0.15, 0.2) is 0 Å². The average molecular weight is 591 g/mol. The Morgan fingerprint density at radius 2 is 1.67 bits per heavy atom. The molecule has 0 saturated carbocycles. The number of fused-ring (bicyclic) bond motifs is 3. The summed E-state index contributed by atoms with van der Waals surface area (Å²) in [5.41, 5.74) is 12.4. The van der Waals surface area contributed by atoms with E-state index in [1.807, 2.05) is 17.0 Å². The van der Waals surface area contributed by atoms with Crippen molar-refractivity contribution >= 4 is 29.5 Å². The smallest absolute Gasteiger partial charge is 0.307 e. The summed E-state index contributed by atoms with van der Waals surface area (Å²) in [6.45, 7) is 8.40. The van der Waals surface area contributed by atoms with E-state index in [1.54, 1.807) is 11.9 Å². The number of carboxylic acid groups (broad SMARTS) is 1. The molecule has 6 heteroatoms. The number of aliphatic carboxylic acids is 1. The number of hydrogen-bond acceptors (Lipinski definition) is 4. The number of amides is 1. The summed E-state index contributed by atoms with van der Waals surface area (Å²) in [5.74, 6) is -0.416. The maximum absolute atomic E-state index is 14.0. The Hall–Kier alpha value is -4.03. The van der Waals surface area contributed by atoms with Crippen molar-refractivity contribution in [3.63, 3.8) is 0 Å². The molecule has 5 nitrogen and oxygen atoms in total. The SMILES string of the molecule is CSN1Cc2ccc(C(=O)N3CCC[C@@H](c4ccccc4)C3)cc2-c2c(C)c(-c3ccc(C)cc3)c(CC(=O)O)c(C)c21. The molecule has 1 amide bonds. The minimum absolute atomic E-state index is 0.0473. The zero-order valence-electron chi connectivity index (χ0n) is 25.3. The summed E-state index contributed by atoms with van der Waals surface area (Å²) in [7, 11) is 0. The largest absolute Gasteiger partial charge is 0.481 e. The monoisotopic (exact) mass is 590 g/mol. The van der Waals surface area contributed by atoms with E-state index in [0.717, 1.165) is 76.1 Å². The van der Waals surface area contributed by atoms with Crippen LogP contribution in [0.15, 0.2) is 72.8 Å². The van der Waals surface area contributed by atoms with Crippen LogP contribution in [0, 0.1) is 20.8 Å². The molecular formula is C37H38N2O3S. The maximum atomic E-state index is 14.0. The zero-order valence-corrected chi connectivity index (χ0v) is 26.1. The normalized spacial score (nSPS) is 16.0. The number of piperidine rings is 1. The van der Waals surface area contributed by atoms with Gasteiger partial charge in [0.25, 0.3) is 5.91 Å². The first-order valence-electron chi connectivity index (χ1n) is 15.0. The highest BCUT2D eigenvalue weighted by Gasteiger charge is 2.32.